The topological polar surface area (TPSA) is 52.3 Å². The van der Waals surface area contributed by atoms with Crippen LogP contribution in [0.25, 0.3) is 10.1 Å². The quantitative estimate of drug-likeness (QED) is 0.790. The van der Waals surface area contributed by atoms with Crippen molar-refractivity contribution in [3.63, 3.8) is 0 Å². The van der Waals surface area contributed by atoms with Gasteiger partial charge in [-0.25, -0.2) is 0 Å². The van der Waals surface area contributed by atoms with Crippen LogP contribution in [0.3, 0.4) is 0 Å². The lowest BCUT2D eigenvalue weighted by molar-refractivity contribution is -0.142. The third-order valence-electron chi connectivity index (χ3n) is 2.30. The van der Waals surface area contributed by atoms with Crippen LogP contribution < -0.4 is 5.73 Å². The molecule has 1 heterocycles. The van der Waals surface area contributed by atoms with E-state index in [2.05, 4.69) is 4.74 Å². The van der Waals surface area contributed by atoms with Gasteiger partial charge < -0.3 is 10.5 Å². The summed E-state index contributed by atoms with van der Waals surface area (Å²) in [6.45, 7) is 0. The third-order valence-corrected chi connectivity index (χ3v) is 3.28. The smallest absolute Gasteiger partial charge is 0.327 e. The Balaban J connectivity index is 2.48. The first kappa shape index (κ1) is 10.1. The van der Waals surface area contributed by atoms with Gasteiger partial charge >= 0.3 is 5.97 Å². The van der Waals surface area contributed by atoms with Crippen molar-refractivity contribution in [3.8, 4) is 0 Å². The first-order valence-corrected chi connectivity index (χ1v) is 5.41. The Bertz CT molecular complexity index is 492. The Morgan fingerprint density at radius 2 is 2.20 bits per heavy atom. The van der Waals surface area contributed by atoms with Gasteiger partial charge in [-0.05, 0) is 22.4 Å². The number of hydrogen-bond donors (Lipinski definition) is 1. The van der Waals surface area contributed by atoms with Gasteiger partial charge in [0, 0.05) is 4.70 Å². The Kier molecular flexibility index (Phi) is 2.70. The van der Waals surface area contributed by atoms with Crippen molar-refractivity contribution in [2.45, 2.75) is 6.04 Å². The van der Waals surface area contributed by atoms with E-state index in [-0.39, 0.29) is 0 Å². The molecule has 0 amide bonds. The number of carbonyl (C=O) groups excluding carboxylic acids is 1. The van der Waals surface area contributed by atoms with Gasteiger partial charge in [-0.2, -0.15) is 0 Å². The van der Waals surface area contributed by atoms with Crippen LogP contribution in [0.2, 0.25) is 0 Å². The maximum absolute atomic E-state index is 11.3. The van der Waals surface area contributed by atoms with Crippen LogP contribution in [-0.4, -0.2) is 13.1 Å². The molecule has 1 aromatic heterocycles. The molecule has 1 aromatic carbocycles. The van der Waals surface area contributed by atoms with Gasteiger partial charge in [0.2, 0.25) is 0 Å². The Hall–Kier alpha value is -1.39. The Morgan fingerprint density at radius 1 is 1.47 bits per heavy atom. The summed E-state index contributed by atoms with van der Waals surface area (Å²) < 4.78 is 5.76. The van der Waals surface area contributed by atoms with Gasteiger partial charge in [-0.15, -0.1) is 11.3 Å². The molecule has 78 valence electrons. The van der Waals surface area contributed by atoms with Gasteiger partial charge in [-0.3, -0.25) is 4.79 Å². The zero-order valence-electron chi connectivity index (χ0n) is 8.27. The summed E-state index contributed by atoms with van der Waals surface area (Å²) in [5.74, 6) is -0.404. The van der Waals surface area contributed by atoms with Crippen molar-refractivity contribution < 1.29 is 9.53 Å². The van der Waals surface area contributed by atoms with Gasteiger partial charge in [0.1, 0.15) is 6.04 Å². The van der Waals surface area contributed by atoms with Crippen LogP contribution in [0, 0.1) is 0 Å². The van der Waals surface area contributed by atoms with Crippen LogP contribution in [-0.2, 0) is 9.53 Å². The monoisotopic (exact) mass is 221 g/mol. The first-order chi connectivity index (χ1) is 7.24. The molecule has 0 aliphatic carbocycles. The number of carbonyl (C=O) groups is 1. The van der Waals surface area contributed by atoms with E-state index in [1.807, 2.05) is 29.6 Å². The van der Waals surface area contributed by atoms with E-state index in [0.717, 1.165) is 15.6 Å². The molecule has 0 fully saturated rings. The lowest BCUT2D eigenvalue weighted by Crippen LogP contribution is -2.22. The highest BCUT2D eigenvalue weighted by atomic mass is 32.1. The zero-order chi connectivity index (χ0) is 10.8. The van der Waals surface area contributed by atoms with Gasteiger partial charge in [0.05, 0.1) is 7.11 Å². The lowest BCUT2D eigenvalue weighted by atomic mass is 10.1. The highest BCUT2D eigenvalue weighted by Gasteiger charge is 2.19. The van der Waals surface area contributed by atoms with Gasteiger partial charge in [0.25, 0.3) is 0 Å². The number of nitrogens with two attached hydrogens (primary N) is 1. The SMILES string of the molecule is COC(=O)C(N)c1csc2ccccc12. The molecule has 3 nitrogen and oxygen atoms in total. The van der Waals surface area contributed by atoms with E-state index >= 15 is 0 Å². The first-order valence-electron chi connectivity index (χ1n) is 4.53. The van der Waals surface area contributed by atoms with E-state index in [9.17, 15) is 4.79 Å². The number of ether oxygens (including phenoxy) is 1. The average molecular weight is 221 g/mol. The van der Waals surface area contributed by atoms with Crippen molar-refractivity contribution in [2.24, 2.45) is 5.73 Å². The molecular formula is C11H11NO2S. The standard InChI is InChI=1S/C11H11NO2S/c1-14-11(13)10(12)8-6-15-9-5-3-2-4-7(8)9/h2-6,10H,12H2,1H3. The Labute approximate surface area is 91.5 Å². The van der Waals surface area contributed by atoms with Crippen LogP contribution >= 0.6 is 11.3 Å². The molecule has 15 heavy (non-hydrogen) atoms. The maximum atomic E-state index is 11.3. The van der Waals surface area contributed by atoms with E-state index in [1.165, 1.54) is 7.11 Å². The highest BCUT2D eigenvalue weighted by Crippen LogP contribution is 2.29. The minimum atomic E-state index is -0.689. The fourth-order valence-electron chi connectivity index (χ4n) is 1.49. The van der Waals surface area contributed by atoms with E-state index < -0.39 is 12.0 Å². The summed E-state index contributed by atoms with van der Waals surface area (Å²) in [4.78, 5) is 11.3. The minimum Gasteiger partial charge on any atom is -0.468 e. The predicted molar refractivity (Wildman–Crippen MR) is 60.8 cm³/mol. The van der Waals surface area contributed by atoms with Crippen LogP contribution in [0.15, 0.2) is 29.6 Å². The molecule has 0 radical (unpaired) electrons. The molecule has 1 unspecified atom stereocenters. The Morgan fingerprint density at radius 3 is 2.93 bits per heavy atom. The molecule has 0 saturated carbocycles. The lowest BCUT2D eigenvalue weighted by Gasteiger charge is -2.07. The fourth-order valence-corrected chi connectivity index (χ4v) is 2.49. The van der Waals surface area contributed by atoms with Crippen molar-refractivity contribution in [3.05, 3.63) is 35.2 Å². The second kappa shape index (κ2) is 4.00. The summed E-state index contributed by atoms with van der Waals surface area (Å²) >= 11 is 1.58. The summed E-state index contributed by atoms with van der Waals surface area (Å²) in [7, 11) is 1.34. The number of fused-ring (bicyclic) bond motifs is 1. The van der Waals surface area contributed by atoms with Crippen molar-refractivity contribution in [2.75, 3.05) is 7.11 Å². The summed E-state index contributed by atoms with van der Waals surface area (Å²) in [5.41, 5.74) is 6.63. The number of esters is 1. The van der Waals surface area contributed by atoms with E-state index in [1.54, 1.807) is 11.3 Å². The van der Waals surface area contributed by atoms with Crippen LogP contribution in [0.5, 0.6) is 0 Å². The van der Waals surface area contributed by atoms with E-state index in [4.69, 9.17) is 5.73 Å². The maximum Gasteiger partial charge on any atom is 0.327 e. The molecule has 2 aromatic rings. The number of rotatable bonds is 2. The van der Waals surface area contributed by atoms with Crippen LogP contribution in [0.1, 0.15) is 11.6 Å². The molecule has 0 aliphatic rings. The number of methoxy groups -OCH3 is 1. The largest absolute Gasteiger partial charge is 0.468 e. The second-order valence-electron chi connectivity index (χ2n) is 3.19. The normalized spacial score (nSPS) is 12.7. The molecule has 4 heteroatoms. The second-order valence-corrected chi connectivity index (χ2v) is 4.10. The fraction of sp³-hybridized carbons (Fsp3) is 0.182. The molecule has 2 rings (SSSR count). The molecule has 0 bridgehead atoms. The molecule has 0 aliphatic heterocycles. The summed E-state index contributed by atoms with van der Waals surface area (Å²) in [6, 6.07) is 7.18. The molecule has 0 spiro atoms. The zero-order valence-corrected chi connectivity index (χ0v) is 9.08. The highest BCUT2D eigenvalue weighted by molar-refractivity contribution is 7.17. The number of thiophene rings is 1. The van der Waals surface area contributed by atoms with Gasteiger partial charge in [0.15, 0.2) is 0 Å². The number of hydrogen-bond acceptors (Lipinski definition) is 4. The van der Waals surface area contributed by atoms with E-state index in [0.29, 0.717) is 0 Å². The minimum absolute atomic E-state index is 0.404. The average Bonchev–Trinajstić information content (AvgIpc) is 2.70. The van der Waals surface area contributed by atoms with Gasteiger partial charge in [-0.1, -0.05) is 18.2 Å². The summed E-state index contributed by atoms with van der Waals surface area (Å²) in [6.07, 6.45) is 0. The van der Waals surface area contributed by atoms with Crippen LogP contribution in [0.4, 0.5) is 0 Å². The summed E-state index contributed by atoms with van der Waals surface area (Å²) in [5, 5.41) is 2.94. The third kappa shape index (κ3) is 1.73. The van der Waals surface area contributed by atoms with Crippen molar-refractivity contribution >= 4 is 27.4 Å². The molecular weight excluding hydrogens is 210 g/mol. The number of benzene rings is 1. The predicted octanol–water partition coefficient (Wildman–Crippen LogP) is 2.07. The molecule has 0 saturated heterocycles. The van der Waals surface area contributed by atoms with Crippen molar-refractivity contribution in [1.29, 1.82) is 0 Å². The van der Waals surface area contributed by atoms with Crippen molar-refractivity contribution in [1.82, 2.24) is 0 Å². The molecule has 2 N–H and O–H groups in total. The molecule has 1 atom stereocenters.